The summed E-state index contributed by atoms with van der Waals surface area (Å²) in [6.07, 6.45) is -0.657. The van der Waals surface area contributed by atoms with Gasteiger partial charge in [0.15, 0.2) is 0 Å². The lowest BCUT2D eigenvalue weighted by Crippen LogP contribution is -2.07. The Morgan fingerprint density at radius 2 is 1.59 bits per heavy atom. The smallest absolute Gasteiger partial charge is 0.361 e. The Balaban J connectivity index is 0.00000245. The number of hydrogen-bond acceptors (Lipinski definition) is 0. The molecule has 2 aromatic heterocycles. The van der Waals surface area contributed by atoms with Crippen molar-refractivity contribution in [2.45, 2.75) is 6.18 Å². The molecule has 3 aromatic carbocycles. The molecule has 32 heavy (non-hydrogen) atoms. The highest BCUT2D eigenvalue weighted by molar-refractivity contribution is 5.93. The van der Waals surface area contributed by atoms with Gasteiger partial charge in [-0.05, 0) is 53.1 Å². The van der Waals surface area contributed by atoms with E-state index < -0.39 is 11.7 Å². The minimum atomic E-state index is -4.41. The monoisotopic (exact) mass is 457 g/mol. The first-order valence-corrected chi connectivity index (χ1v) is 9.69. The Hall–Kier alpha value is -3.25. The Bertz CT molecular complexity index is 1400. The number of H-pyrrole nitrogens is 1. The van der Waals surface area contributed by atoms with Crippen LogP contribution in [0.2, 0.25) is 0 Å². The maximum absolute atomic E-state index is 13.9. The molecule has 0 saturated carbocycles. The van der Waals surface area contributed by atoms with Crippen molar-refractivity contribution in [1.29, 1.82) is 0 Å². The molecule has 5 aromatic rings. The van der Waals surface area contributed by atoms with Crippen molar-refractivity contribution in [1.82, 2.24) is 9.55 Å². The number of rotatable bonds is 3. The van der Waals surface area contributed by atoms with E-state index in [9.17, 15) is 17.6 Å². The van der Waals surface area contributed by atoms with E-state index in [4.69, 9.17) is 0 Å². The van der Waals surface area contributed by atoms with Gasteiger partial charge in [-0.2, -0.15) is 13.2 Å². The standard InChI is InChI=1S/C25H17F4N2.ClH/c1-31-14-21(19-11-10-17(26)12-23(19)31)24(15-6-8-16(9-7-15)25(27,28)29)20-13-30-22-5-3-2-4-18(20)22;/h2-14,30H,1H3;1H. The van der Waals surface area contributed by atoms with Crippen molar-refractivity contribution in [2.75, 3.05) is 0 Å². The Morgan fingerprint density at radius 1 is 0.875 bits per heavy atom. The predicted molar refractivity (Wildman–Crippen MR) is 120 cm³/mol. The zero-order valence-electron chi connectivity index (χ0n) is 16.9. The molecular weight excluding hydrogens is 440 g/mol. The Kier molecular flexibility index (Phi) is 5.51. The van der Waals surface area contributed by atoms with Crippen molar-refractivity contribution in [3.63, 3.8) is 0 Å². The fourth-order valence-corrected chi connectivity index (χ4v) is 4.12. The van der Waals surface area contributed by atoms with Crippen LogP contribution in [0, 0.1) is 11.7 Å². The third kappa shape index (κ3) is 3.65. The third-order valence-corrected chi connectivity index (χ3v) is 5.58. The minimum Gasteiger partial charge on any atom is -0.361 e. The molecule has 0 aliphatic rings. The van der Waals surface area contributed by atoms with E-state index in [1.807, 2.05) is 48.3 Å². The number of aryl methyl sites for hydroxylation is 1. The second kappa shape index (κ2) is 8.02. The van der Waals surface area contributed by atoms with Gasteiger partial charge >= 0.3 is 6.18 Å². The summed E-state index contributed by atoms with van der Waals surface area (Å²) >= 11 is 0. The molecule has 1 radical (unpaired) electrons. The number of aromatic amines is 1. The fraction of sp³-hybridized carbons (Fsp3) is 0.0800. The van der Waals surface area contributed by atoms with E-state index >= 15 is 0 Å². The van der Waals surface area contributed by atoms with Gasteiger partial charge in [-0.3, -0.25) is 0 Å². The SMILES string of the molecule is Cl.Cn1cc([C](c2ccc(C(F)(F)F)cc2)c2c[nH]c3ccccc23)c2ccc(F)cc21. The number of benzene rings is 3. The topological polar surface area (TPSA) is 20.7 Å². The van der Waals surface area contributed by atoms with Crippen LogP contribution in [0.5, 0.6) is 0 Å². The molecule has 0 spiro atoms. The lowest BCUT2D eigenvalue weighted by molar-refractivity contribution is -0.137. The zero-order valence-corrected chi connectivity index (χ0v) is 17.7. The highest BCUT2D eigenvalue weighted by Gasteiger charge is 2.31. The molecular formula is C25H18ClF4N2. The predicted octanol–water partition coefficient (Wildman–Crippen LogP) is 7.26. The molecule has 0 bridgehead atoms. The summed E-state index contributed by atoms with van der Waals surface area (Å²) in [6.45, 7) is 0. The second-order valence-corrected chi connectivity index (χ2v) is 7.51. The summed E-state index contributed by atoms with van der Waals surface area (Å²) in [5.74, 6) is 0.437. The number of alkyl halides is 3. The van der Waals surface area contributed by atoms with Crippen LogP contribution in [0.3, 0.4) is 0 Å². The molecule has 5 rings (SSSR count). The molecule has 0 unspecified atom stereocenters. The minimum absolute atomic E-state index is 0. The molecule has 0 aliphatic carbocycles. The highest BCUT2D eigenvalue weighted by atomic mass is 35.5. The maximum atomic E-state index is 13.9. The van der Waals surface area contributed by atoms with Gasteiger partial charge in [0.25, 0.3) is 0 Å². The van der Waals surface area contributed by atoms with Crippen molar-refractivity contribution < 1.29 is 17.6 Å². The first-order chi connectivity index (χ1) is 14.8. The summed E-state index contributed by atoms with van der Waals surface area (Å²) in [5, 5.41) is 1.78. The number of nitrogens with zero attached hydrogens (tertiary/aromatic N) is 1. The van der Waals surface area contributed by atoms with Crippen molar-refractivity contribution in [2.24, 2.45) is 7.05 Å². The first-order valence-electron chi connectivity index (χ1n) is 9.69. The van der Waals surface area contributed by atoms with Gasteiger partial charge in [0.2, 0.25) is 0 Å². The van der Waals surface area contributed by atoms with Crippen LogP contribution in [0.1, 0.15) is 22.3 Å². The van der Waals surface area contributed by atoms with Crippen molar-refractivity contribution >= 4 is 34.2 Å². The van der Waals surface area contributed by atoms with Gasteiger partial charge in [0, 0.05) is 35.7 Å². The van der Waals surface area contributed by atoms with Gasteiger partial charge < -0.3 is 9.55 Å². The van der Waals surface area contributed by atoms with Crippen LogP contribution in [0.4, 0.5) is 17.6 Å². The average Bonchev–Trinajstić information content (AvgIpc) is 3.30. The maximum Gasteiger partial charge on any atom is 0.416 e. The summed E-state index contributed by atoms with van der Waals surface area (Å²) < 4.78 is 55.1. The van der Waals surface area contributed by atoms with E-state index in [0.717, 1.165) is 45.5 Å². The van der Waals surface area contributed by atoms with Gasteiger partial charge in [0.1, 0.15) is 5.82 Å². The van der Waals surface area contributed by atoms with E-state index in [2.05, 4.69) is 4.98 Å². The van der Waals surface area contributed by atoms with E-state index in [1.54, 1.807) is 6.07 Å². The number of hydrogen-bond donors (Lipinski definition) is 1. The number of aromatic nitrogens is 2. The number of fused-ring (bicyclic) bond motifs is 2. The molecule has 7 heteroatoms. The lowest BCUT2D eigenvalue weighted by Gasteiger charge is -2.17. The summed E-state index contributed by atoms with van der Waals surface area (Å²) in [4.78, 5) is 3.24. The van der Waals surface area contributed by atoms with Gasteiger partial charge in [-0.25, -0.2) is 4.39 Å². The molecule has 0 fully saturated rings. The van der Waals surface area contributed by atoms with E-state index in [0.29, 0.717) is 11.1 Å². The molecule has 2 nitrogen and oxygen atoms in total. The Morgan fingerprint density at radius 3 is 2.31 bits per heavy atom. The second-order valence-electron chi connectivity index (χ2n) is 7.51. The lowest BCUT2D eigenvalue weighted by atomic mass is 9.84. The molecule has 0 saturated heterocycles. The van der Waals surface area contributed by atoms with Crippen LogP contribution in [-0.2, 0) is 13.2 Å². The van der Waals surface area contributed by atoms with Gasteiger partial charge in [-0.1, -0.05) is 30.3 Å². The quantitative estimate of drug-likeness (QED) is 0.275. The highest BCUT2D eigenvalue weighted by Crippen LogP contribution is 2.40. The van der Waals surface area contributed by atoms with Gasteiger partial charge in [0.05, 0.1) is 17.0 Å². The van der Waals surface area contributed by atoms with E-state index in [-0.39, 0.29) is 18.2 Å². The molecule has 0 aliphatic heterocycles. The summed E-state index contributed by atoms with van der Waals surface area (Å²) in [7, 11) is 1.82. The zero-order chi connectivity index (χ0) is 21.8. The normalized spacial score (nSPS) is 11.9. The third-order valence-electron chi connectivity index (χ3n) is 5.58. The molecule has 1 N–H and O–H groups in total. The summed E-state index contributed by atoms with van der Waals surface area (Å²) in [6, 6.07) is 17.5. The molecule has 0 atom stereocenters. The number of nitrogens with one attached hydrogen (secondary N) is 1. The van der Waals surface area contributed by atoms with Crippen LogP contribution in [-0.4, -0.2) is 9.55 Å². The average molecular weight is 458 g/mol. The number of para-hydroxylation sites is 1. The van der Waals surface area contributed by atoms with Crippen LogP contribution in [0.25, 0.3) is 21.8 Å². The Labute approximate surface area is 187 Å². The summed E-state index contributed by atoms with van der Waals surface area (Å²) in [5.41, 5.74) is 3.27. The van der Waals surface area contributed by atoms with Crippen LogP contribution < -0.4 is 0 Å². The van der Waals surface area contributed by atoms with E-state index in [1.165, 1.54) is 24.3 Å². The van der Waals surface area contributed by atoms with Crippen LogP contribution in [0.15, 0.2) is 79.1 Å². The molecule has 163 valence electrons. The fourth-order valence-electron chi connectivity index (χ4n) is 4.12. The number of halogens is 5. The molecule has 0 amide bonds. The largest absolute Gasteiger partial charge is 0.416 e. The first kappa shape index (κ1) is 22.0. The van der Waals surface area contributed by atoms with Crippen molar-refractivity contribution in [3.8, 4) is 0 Å². The van der Waals surface area contributed by atoms with Gasteiger partial charge in [-0.15, -0.1) is 12.4 Å². The van der Waals surface area contributed by atoms with Crippen LogP contribution >= 0.6 is 12.4 Å². The van der Waals surface area contributed by atoms with Crippen molar-refractivity contribution in [3.05, 3.63) is 113 Å². The molecule has 2 heterocycles.